The maximum atomic E-state index is 2.63. The monoisotopic (exact) mass is 245 g/mol. The summed E-state index contributed by atoms with van der Waals surface area (Å²) in [6.07, 6.45) is 1.31. The third-order valence-electron chi connectivity index (χ3n) is 2.42. The molecule has 98 valence electrons. The third-order valence-corrected chi connectivity index (χ3v) is 3.82. The van der Waals surface area contributed by atoms with Crippen molar-refractivity contribution in [3.05, 3.63) is 0 Å². The first-order chi connectivity index (χ1) is 7.20. The zero-order valence-electron chi connectivity index (χ0n) is 12.4. The molecule has 0 fully saturated rings. The molecule has 0 amide bonds. The van der Waals surface area contributed by atoms with Crippen molar-refractivity contribution >= 4 is 8.07 Å². The second kappa shape index (κ2) is 7.43. The molecule has 0 spiro atoms. The van der Waals surface area contributed by atoms with Gasteiger partial charge in [0.15, 0.2) is 0 Å². The Balaban J connectivity index is 4.05. The van der Waals surface area contributed by atoms with E-state index in [-0.39, 0.29) is 0 Å². The van der Waals surface area contributed by atoms with Gasteiger partial charge in [0.2, 0.25) is 0 Å². The Kier molecular flexibility index (Phi) is 7.47. The molecule has 3 nitrogen and oxygen atoms in total. The SMILES string of the molecule is CN(C)CCN(CCN(C)C)C[Si](C)(C)C. The lowest BCUT2D eigenvalue weighted by atomic mass is 10.4. The molecular weight excluding hydrogens is 214 g/mol. The molecule has 0 atom stereocenters. The highest BCUT2D eigenvalue weighted by Gasteiger charge is 2.18. The summed E-state index contributed by atoms with van der Waals surface area (Å²) in [5, 5.41) is 0. The molecular formula is C12H31N3Si. The fourth-order valence-electron chi connectivity index (χ4n) is 1.62. The van der Waals surface area contributed by atoms with Crippen molar-refractivity contribution in [1.82, 2.24) is 14.7 Å². The van der Waals surface area contributed by atoms with Crippen LogP contribution in [0.25, 0.3) is 0 Å². The lowest BCUT2D eigenvalue weighted by molar-refractivity contribution is 0.241. The van der Waals surface area contributed by atoms with Crippen molar-refractivity contribution in [2.75, 3.05) is 60.5 Å². The Hall–Kier alpha value is 0.0969. The first kappa shape index (κ1) is 16.1. The molecule has 0 unspecified atom stereocenters. The summed E-state index contributed by atoms with van der Waals surface area (Å²) in [6, 6.07) is 0. The maximum absolute atomic E-state index is 2.63. The fourth-order valence-corrected chi connectivity index (χ4v) is 3.28. The van der Waals surface area contributed by atoms with E-state index in [1.54, 1.807) is 0 Å². The van der Waals surface area contributed by atoms with E-state index in [9.17, 15) is 0 Å². The van der Waals surface area contributed by atoms with Gasteiger partial charge in [-0.2, -0.15) is 0 Å². The van der Waals surface area contributed by atoms with Gasteiger partial charge < -0.3 is 14.7 Å². The van der Waals surface area contributed by atoms with E-state index in [0.717, 1.165) is 13.1 Å². The zero-order valence-corrected chi connectivity index (χ0v) is 13.4. The smallest absolute Gasteiger partial charge is 0.0599 e. The van der Waals surface area contributed by atoms with Gasteiger partial charge in [-0.3, -0.25) is 0 Å². The van der Waals surface area contributed by atoms with Gasteiger partial charge in [0.1, 0.15) is 0 Å². The molecule has 0 bridgehead atoms. The largest absolute Gasteiger partial charge is 0.308 e. The average molecular weight is 245 g/mol. The van der Waals surface area contributed by atoms with Crippen molar-refractivity contribution in [2.45, 2.75) is 19.6 Å². The third kappa shape index (κ3) is 10.6. The topological polar surface area (TPSA) is 9.72 Å². The van der Waals surface area contributed by atoms with E-state index in [1.165, 1.54) is 19.3 Å². The molecule has 0 saturated heterocycles. The van der Waals surface area contributed by atoms with E-state index in [4.69, 9.17) is 0 Å². The Bertz CT molecular complexity index is 164. The number of hydrogen-bond acceptors (Lipinski definition) is 3. The van der Waals surface area contributed by atoms with E-state index < -0.39 is 8.07 Å². The average Bonchev–Trinajstić information content (AvgIpc) is 2.07. The summed E-state index contributed by atoms with van der Waals surface area (Å²) in [4.78, 5) is 7.17. The lowest BCUT2D eigenvalue weighted by Crippen LogP contribution is -2.45. The first-order valence-corrected chi connectivity index (χ1v) is 9.93. The van der Waals surface area contributed by atoms with Gasteiger partial charge in [0.25, 0.3) is 0 Å². The van der Waals surface area contributed by atoms with Crippen molar-refractivity contribution < 1.29 is 0 Å². The molecule has 0 saturated carbocycles. The van der Waals surface area contributed by atoms with Crippen LogP contribution in [0.15, 0.2) is 0 Å². The molecule has 0 N–H and O–H groups in total. The van der Waals surface area contributed by atoms with Gasteiger partial charge in [-0.05, 0) is 34.4 Å². The number of nitrogens with zero attached hydrogens (tertiary/aromatic N) is 3. The van der Waals surface area contributed by atoms with Gasteiger partial charge in [-0.25, -0.2) is 0 Å². The van der Waals surface area contributed by atoms with Crippen LogP contribution in [0.5, 0.6) is 0 Å². The Morgan fingerprint density at radius 2 is 1.06 bits per heavy atom. The van der Waals surface area contributed by atoms with E-state index in [0.29, 0.717) is 0 Å². The zero-order chi connectivity index (χ0) is 12.8. The van der Waals surface area contributed by atoms with Gasteiger partial charge >= 0.3 is 0 Å². The maximum Gasteiger partial charge on any atom is 0.0599 e. The number of hydrogen-bond donors (Lipinski definition) is 0. The molecule has 0 aliphatic rings. The molecule has 0 aromatic carbocycles. The molecule has 0 aliphatic carbocycles. The van der Waals surface area contributed by atoms with Crippen LogP contribution in [0.2, 0.25) is 19.6 Å². The van der Waals surface area contributed by atoms with Crippen LogP contribution in [-0.2, 0) is 0 Å². The minimum Gasteiger partial charge on any atom is -0.308 e. The standard InChI is InChI=1S/C12H31N3Si/c1-13(2)8-10-15(11-9-14(3)4)12-16(5,6)7/h8-12H2,1-7H3. The second-order valence-corrected chi connectivity index (χ2v) is 11.9. The Morgan fingerprint density at radius 1 is 0.688 bits per heavy atom. The predicted octanol–water partition coefficient (Wildman–Crippen LogP) is 1.29. The van der Waals surface area contributed by atoms with E-state index in [1.807, 2.05) is 0 Å². The molecule has 0 rings (SSSR count). The minimum atomic E-state index is -0.975. The van der Waals surface area contributed by atoms with Gasteiger partial charge in [-0.1, -0.05) is 19.6 Å². The van der Waals surface area contributed by atoms with Gasteiger partial charge in [0, 0.05) is 26.2 Å². The predicted molar refractivity (Wildman–Crippen MR) is 76.9 cm³/mol. The fraction of sp³-hybridized carbons (Fsp3) is 1.00. The summed E-state index contributed by atoms with van der Waals surface area (Å²) in [7, 11) is 7.63. The highest BCUT2D eigenvalue weighted by molar-refractivity contribution is 6.76. The van der Waals surface area contributed by atoms with Crippen LogP contribution in [0.1, 0.15) is 0 Å². The van der Waals surface area contributed by atoms with Crippen LogP contribution < -0.4 is 0 Å². The number of rotatable bonds is 8. The molecule has 4 heteroatoms. The highest BCUT2D eigenvalue weighted by Crippen LogP contribution is 2.04. The van der Waals surface area contributed by atoms with Crippen LogP contribution >= 0.6 is 0 Å². The normalized spacial score (nSPS) is 13.1. The quantitative estimate of drug-likeness (QED) is 0.597. The van der Waals surface area contributed by atoms with Crippen LogP contribution in [0.3, 0.4) is 0 Å². The van der Waals surface area contributed by atoms with Crippen molar-refractivity contribution in [1.29, 1.82) is 0 Å². The van der Waals surface area contributed by atoms with Crippen LogP contribution in [0.4, 0.5) is 0 Å². The minimum absolute atomic E-state index is 0.975. The van der Waals surface area contributed by atoms with Gasteiger partial charge in [0.05, 0.1) is 8.07 Å². The van der Waals surface area contributed by atoms with Crippen LogP contribution in [-0.4, -0.2) is 83.3 Å². The summed E-state index contributed by atoms with van der Waals surface area (Å²) < 4.78 is 0. The lowest BCUT2D eigenvalue weighted by Gasteiger charge is -2.30. The number of likely N-dealkylation sites (N-methyl/N-ethyl adjacent to an activating group) is 2. The Morgan fingerprint density at radius 3 is 1.31 bits per heavy atom. The molecule has 0 radical (unpaired) electrons. The van der Waals surface area contributed by atoms with E-state index >= 15 is 0 Å². The second-order valence-electron chi connectivity index (χ2n) is 6.44. The molecule has 16 heavy (non-hydrogen) atoms. The summed E-state index contributed by atoms with van der Waals surface area (Å²) >= 11 is 0. The first-order valence-electron chi connectivity index (χ1n) is 6.22. The van der Waals surface area contributed by atoms with Crippen molar-refractivity contribution in [3.8, 4) is 0 Å². The van der Waals surface area contributed by atoms with Crippen molar-refractivity contribution in [3.63, 3.8) is 0 Å². The molecule has 0 aromatic rings. The molecule has 0 heterocycles. The summed E-state index contributed by atoms with van der Waals surface area (Å²) in [5.74, 6) is 0. The van der Waals surface area contributed by atoms with Gasteiger partial charge in [-0.15, -0.1) is 0 Å². The Labute approximate surface area is 103 Å². The highest BCUT2D eigenvalue weighted by atomic mass is 28.3. The van der Waals surface area contributed by atoms with Crippen molar-refractivity contribution in [2.24, 2.45) is 0 Å². The molecule has 0 aromatic heterocycles. The summed E-state index contributed by atoms with van der Waals surface area (Å²) in [5.41, 5.74) is 0. The molecule has 0 aliphatic heterocycles. The summed E-state index contributed by atoms with van der Waals surface area (Å²) in [6.45, 7) is 12.1. The van der Waals surface area contributed by atoms with Crippen LogP contribution in [0, 0.1) is 0 Å². The van der Waals surface area contributed by atoms with E-state index in [2.05, 4.69) is 62.5 Å².